The third-order valence-corrected chi connectivity index (χ3v) is 5.61. The first kappa shape index (κ1) is 17.1. The van der Waals surface area contributed by atoms with Crippen LogP contribution in [0.3, 0.4) is 0 Å². The topological polar surface area (TPSA) is 26.3 Å². The van der Waals surface area contributed by atoms with Gasteiger partial charge in [0.05, 0.1) is 17.4 Å². The van der Waals surface area contributed by atoms with Crippen molar-refractivity contribution in [3.8, 4) is 0 Å². The molecule has 0 aromatic heterocycles. The Morgan fingerprint density at radius 3 is 2.21 bits per heavy atom. The highest BCUT2D eigenvalue weighted by molar-refractivity contribution is 8.46. The smallest absolute Gasteiger partial charge is 0.312 e. The van der Waals surface area contributed by atoms with Gasteiger partial charge in [0.15, 0.2) is 0 Å². The summed E-state index contributed by atoms with van der Waals surface area (Å²) in [5, 5.41) is -3.14. The van der Waals surface area contributed by atoms with Crippen LogP contribution in [-0.4, -0.2) is 28.6 Å². The highest BCUT2D eigenvalue weighted by atomic mass is 35.5. The summed E-state index contributed by atoms with van der Waals surface area (Å²) >= 11 is 10.9. The number of carbonyl (C=O) groups excluding carboxylic acids is 1. The lowest BCUT2D eigenvalue weighted by atomic mass is 10.2. The fraction of sp³-hybridized carbons (Fsp3) is 0.889. The van der Waals surface area contributed by atoms with Crippen LogP contribution in [0.1, 0.15) is 19.8 Å². The molecule has 3 atom stereocenters. The van der Waals surface area contributed by atoms with Crippen molar-refractivity contribution in [2.75, 3.05) is 12.5 Å². The molecule has 0 amide bonds. The molecule has 1 fully saturated rings. The maximum absolute atomic E-state index is 12.8. The standard InChI is InChI=1S/C9H13Cl2F5O2S/c1-2-18-8(17)6-7(19(12,13,14,15)16)9(6,11)4-3-5-10/h6-7H,2-5H2,1H3/t6-,7+,9+/m0/s1. The molecule has 2 nitrogen and oxygen atoms in total. The molecule has 0 aromatic rings. The number of halogens is 7. The van der Waals surface area contributed by atoms with Gasteiger partial charge in [0, 0.05) is 5.88 Å². The minimum Gasteiger partial charge on any atom is -0.466 e. The molecular weight excluding hydrogens is 338 g/mol. The molecule has 0 unspecified atom stereocenters. The first-order valence-corrected chi connectivity index (χ1v) is 8.35. The molecule has 0 heterocycles. The lowest BCUT2D eigenvalue weighted by Gasteiger charge is -2.42. The predicted molar refractivity (Wildman–Crippen MR) is 65.6 cm³/mol. The van der Waals surface area contributed by atoms with Crippen LogP contribution in [-0.2, 0) is 9.53 Å². The van der Waals surface area contributed by atoms with Crippen molar-refractivity contribution in [2.24, 2.45) is 5.92 Å². The van der Waals surface area contributed by atoms with E-state index in [4.69, 9.17) is 23.2 Å². The van der Waals surface area contributed by atoms with E-state index < -0.39 is 38.7 Å². The van der Waals surface area contributed by atoms with Crippen molar-refractivity contribution in [1.29, 1.82) is 0 Å². The first-order chi connectivity index (χ1) is 8.27. The molecule has 0 spiro atoms. The average Bonchev–Trinajstić information content (AvgIpc) is 2.82. The van der Waals surface area contributed by atoms with Gasteiger partial charge < -0.3 is 4.74 Å². The van der Waals surface area contributed by atoms with Crippen LogP contribution in [0.2, 0.25) is 0 Å². The molecular formula is C9H13Cl2F5O2S. The van der Waals surface area contributed by atoms with Gasteiger partial charge in [0.1, 0.15) is 5.25 Å². The van der Waals surface area contributed by atoms with Crippen molar-refractivity contribution in [3.05, 3.63) is 0 Å². The van der Waals surface area contributed by atoms with Crippen LogP contribution < -0.4 is 0 Å². The zero-order chi connectivity index (χ0) is 15.2. The number of esters is 1. The predicted octanol–water partition coefficient (Wildman–Crippen LogP) is 4.84. The zero-order valence-electron chi connectivity index (χ0n) is 9.85. The molecule has 116 valence electrons. The summed E-state index contributed by atoms with van der Waals surface area (Å²) < 4.78 is 68.6. The lowest BCUT2D eigenvalue weighted by molar-refractivity contribution is -0.144. The second-order valence-electron chi connectivity index (χ2n) is 4.40. The van der Waals surface area contributed by atoms with E-state index in [1.54, 1.807) is 0 Å². The summed E-state index contributed by atoms with van der Waals surface area (Å²) in [7, 11) is -9.85. The van der Waals surface area contributed by atoms with Crippen LogP contribution in [0, 0.1) is 5.92 Å². The molecule has 0 aromatic carbocycles. The van der Waals surface area contributed by atoms with Gasteiger partial charge in [-0.15, -0.1) is 23.2 Å². The molecule has 1 aliphatic carbocycles. The van der Waals surface area contributed by atoms with E-state index >= 15 is 0 Å². The largest absolute Gasteiger partial charge is 0.466 e. The molecule has 1 aliphatic rings. The number of ether oxygens (including phenoxy) is 1. The van der Waals surface area contributed by atoms with Crippen molar-refractivity contribution < 1.29 is 29.0 Å². The van der Waals surface area contributed by atoms with E-state index in [9.17, 15) is 24.2 Å². The third kappa shape index (κ3) is 3.58. The molecule has 0 saturated heterocycles. The molecule has 0 radical (unpaired) electrons. The zero-order valence-corrected chi connectivity index (χ0v) is 12.2. The van der Waals surface area contributed by atoms with Gasteiger partial charge in [-0.25, -0.2) is 0 Å². The highest BCUT2D eigenvalue weighted by Crippen LogP contribution is 3.06. The molecule has 10 heteroatoms. The van der Waals surface area contributed by atoms with Crippen LogP contribution in [0.5, 0.6) is 0 Å². The van der Waals surface area contributed by atoms with E-state index in [1.807, 2.05) is 0 Å². The van der Waals surface area contributed by atoms with Crippen LogP contribution in [0.25, 0.3) is 0 Å². The van der Waals surface area contributed by atoms with Gasteiger partial charge in [0.2, 0.25) is 0 Å². The Morgan fingerprint density at radius 2 is 1.84 bits per heavy atom. The van der Waals surface area contributed by atoms with Gasteiger partial charge in [0.25, 0.3) is 10.2 Å². The Kier molecular flexibility index (Phi) is 3.84. The number of hydrogen-bond acceptors (Lipinski definition) is 2. The van der Waals surface area contributed by atoms with Crippen molar-refractivity contribution in [2.45, 2.75) is 29.9 Å². The Bertz CT molecular complexity index is 387. The number of hydrogen-bond donors (Lipinski definition) is 0. The summed E-state index contributed by atoms with van der Waals surface area (Å²) in [5.74, 6) is -3.43. The molecule has 0 bridgehead atoms. The lowest BCUT2D eigenvalue weighted by Crippen LogP contribution is -2.20. The summed E-state index contributed by atoms with van der Waals surface area (Å²) in [6.07, 6.45) is -0.414. The van der Waals surface area contributed by atoms with E-state index in [0.717, 1.165) is 0 Å². The molecule has 0 N–H and O–H groups in total. The van der Waals surface area contributed by atoms with Crippen LogP contribution in [0.15, 0.2) is 0 Å². The van der Waals surface area contributed by atoms with E-state index in [0.29, 0.717) is 0 Å². The monoisotopic (exact) mass is 350 g/mol. The fourth-order valence-corrected chi connectivity index (χ4v) is 5.11. The average molecular weight is 351 g/mol. The van der Waals surface area contributed by atoms with E-state index in [-0.39, 0.29) is 18.9 Å². The Balaban J connectivity index is 3.06. The second-order valence-corrected chi connectivity index (χ2v) is 8.05. The van der Waals surface area contributed by atoms with Crippen molar-refractivity contribution in [1.82, 2.24) is 0 Å². The fourth-order valence-electron chi connectivity index (χ4n) is 2.19. The number of carbonyl (C=O) groups is 1. The van der Waals surface area contributed by atoms with Gasteiger partial charge in [-0.2, -0.15) is 0 Å². The van der Waals surface area contributed by atoms with Gasteiger partial charge in [-0.1, -0.05) is 19.4 Å². The Labute approximate surface area is 117 Å². The SMILES string of the molecule is CCOC(=O)[C@@H]1[C@@H](S(F)(F)(F)(F)F)[C@@]1(Cl)CCCCl. The summed E-state index contributed by atoms with van der Waals surface area (Å²) in [6.45, 7) is 1.16. The highest BCUT2D eigenvalue weighted by Gasteiger charge is 2.90. The van der Waals surface area contributed by atoms with Crippen molar-refractivity contribution in [3.63, 3.8) is 0 Å². The van der Waals surface area contributed by atoms with E-state index in [1.165, 1.54) is 6.92 Å². The van der Waals surface area contributed by atoms with Gasteiger partial charge in [-0.05, 0) is 19.8 Å². The van der Waals surface area contributed by atoms with Gasteiger partial charge >= 0.3 is 5.97 Å². The number of alkyl halides is 2. The minimum absolute atomic E-state index is 0.00526. The van der Waals surface area contributed by atoms with Crippen molar-refractivity contribution >= 4 is 39.4 Å². The quantitative estimate of drug-likeness (QED) is 0.389. The second kappa shape index (κ2) is 4.27. The molecule has 1 rings (SSSR count). The Morgan fingerprint density at radius 1 is 1.32 bits per heavy atom. The molecule has 1 saturated carbocycles. The van der Waals surface area contributed by atoms with Crippen LogP contribution in [0.4, 0.5) is 19.4 Å². The molecule has 19 heavy (non-hydrogen) atoms. The normalized spacial score (nSPS) is 34.3. The number of rotatable bonds is 6. The van der Waals surface area contributed by atoms with Gasteiger partial charge in [-0.3, -0.25) is 4.79 Å². The Hall–Kier alpha value is 0.0500. The summed E-state index contributed by atoms with van der Waals surface area (Å²) in [6, 6.07) is 0. The maximum Gasteiger partial charge on any atom is 0.312 e. The third-order valence-electron chi connectivity index (χ3n) is 2.90. The molecule has 0 aliphatic heterocycles. The maximum atomic E-state index is 12.8. The van der Waals surface area contributed by atoms with E-state index in [2.05, 4.69) is 4.74 Å². The summed E-state index contributed by atoms with van der Waals surface area (Å²) in [4.78, 5) is 9.03. The minimum atomic E-state index is -9.85. The summed E-state index contributed by atoms with van der Waals surface area (Å²) in [5.41, 5.74) is 0. The van der Waals surface area contributed by atoms with Crippen LogP contribution >= 0.6 is 33.4 Å². The first-order valence-electron chi connectivity index (χ1n) is 5.42.